The van der Waals surface area contributed by atoms with Crippen LogP contribution in [0.25, 0.3) is 5.78 Å². The first-order valence-corrected chi connectivity index (χ1v) is 10.0. The normalized spacial score (nSPS) is 17.0. The van der Waals surface area contributed by atoms with Gasteiger partial charge in [0, 0.05) is 43.4 Å². The highest BCUT2D eigenvalue weighted by molar-refractivity contribution is 5.93. The van der Waals surface area contributed by atoms with Crippen LogP contribution in [0.15, 0.2) is 24.7 Å². The number of carbonyl (C=O) groups excluding carboxylic acids is 1. The number of fused-ring (bicyclic) bond motifs is 1. The maximum atomic E-state index is 11.9. The van der Waals surface area contributed by atoms with Crippen LogP contribution in [0.2, 0.25) is 0 Å². The molecule has 0 bridgehead atoms. The number of hydrogen-bond acceptors (Lipinski definition) is 7. The maximum Gasteiger partial charge on any atom is 0.254 e. The standard InChI is InChI=1S/C20H24N8O/c1-13-14(2)24-20-22-12-23-28(20)19(13)27-9-7-26(8-10-27)16-5-6-17(21-11-16)25-18(29)15-3-4-15/h5-6,11-12,15H,3-4,7-10H2,1-2H3,(H,21,25,29). The molecule has 1 aliphatic heterocycles. The minimum Gasteiger partial charge on any atom is -0.367 e. The van der Waals surface area contributed by atoms with Crippen molar-refractivity contribution in [1.82, 2.24) is 24.6 Å². The third-order valence-electron chi connectivity index (χ3n) is 5.77. The second-order valence-electron chi connectivity index (χ2n) is 7.76. The van der Waals surface area contributed by atoms with Gasteiger partial charge < -0.3 is 15.1 Å². The minimum atomic E-state index is 0.0845. The summed E-state index contributed by atoms with van der Waals surface area (Å²) in [5.74, 6) is 2.60. The van der Waals surface area contributed by atoms with Gasteiger partial charge in [0.1, 0.15) is 18.0 Å². The first kappa shape index (κ1) is 17.8. The molecule has 2 fully saturated rings. The Morgan fingerprint density at radius 3 is 2.52 bits per heavy atom. The largest absolute Gasteiger partial charge is 0.367 e. The van der Waals surface area contributed by atoms with Gasteiger partial charge in [0.05, 0.1) is 11.9 Å². The Morgan fingerprint density at radius 2 is 1.83 bits per heavy atom. The van der Waals surface area contributed by atoms with Crippen molar-refractivity contribution in [2.24, 2.45) is 5.92 Å². The average Bonchev–Trinajstić information content (AvgIpc) is 3.49. The number of pyridine rings is 1. The van der Waals surface area contributed by atoms with Gasteiger partial charge in [0.15, 0.2) is 0 Å². The molecule has 2 aliphatic rings. The van der Waals surface area contributed by atoms with E-state index in [1.807, 2.05) is 29.8 Å². The Morgan fingerprint density at radius 1 is 1.07 bits per heavy atom. The van der Waals surface area contributed by atoms with Crippen LogP contribution in [-0.2, 0) is 4.79 Å². The summed E-state index contributed by atoms with van der Waals surface area (Å²) in [6.45, 7) is 7.61. The Labute approximate surface area is 168 Å². The fourth-order valence-corrected chi connectivity index (χ4v) is 3.78. The zero-order chi connectivity index (χ0) is 20.0. The summed E-state index contributed by atoms with van der Waals surface area (Å²) in [7, 11) is 0. The monoisotopic (exact) mass is 392 g/mol. The molecule has 3 aromatic rings. The molecule has 1 amide bonds. The molecule has 4 heterocycles. The van der Waals surface area contributed by atoms with E-state index in [-0.39, 0.29) is 11.8 Å². The Bertz CT molecular complexity index is 1050. The van der Waals surface area contributed by atoms with Crippen LogP contribution in [0.4, 0.5) is 17.3 Å². The number of amides is 1. The Hall–Kier alpha value is -3.23. The number of nitrogens with zero attached hydrogens (tertiary/aromatic N) is 7. The van der Waals surface area contributed by atoms with E-state index in [4.69, 9.17) is 0 Å². The van der Waals surface area contributed by atoms with Gasteiger partial charge in [0.25, 0.3) is 5.78 Å². The summed E-state index contributed by atoms with van der Waals surface area (Å²) in [4.78, 5) is 29.7. The van der Waals surface area contributed by atoms with Gasteiger partial charge in [-0.3, -0.25) is 4.79 Å². The molecular weight excluding hydrogens is 368 g/mol. The molecule has 150 valence electrons. The zero-order valence-electron chi connectivity index (χ0n) is 16.7. The second-order valence-corrected chi connectivity index (χ2v) is 7.76. The van der Waals surface area contributed by atoms with Crippen LogP contribution in [0, 0.1) is 19.8 Å². The molecule has 0 aromatic carbocycles. The molecule has 9 heteroatoms. The van der Waals surface area contributed by atoms with Gasteiger partial charge in [-0.25, -0.2) is 9.97 Å². The van der Waals surface area contributed by atoms with E-state index in [9.17, 15) is 4.79 Å². The molecular formula is C20H24N8O. The first-order valence-electron chi connectivity index (χ1n) is 10.0. The smallest absolute Gasteiger partial charge is 0.254 e. The zero-order valence-corrected chi connectivity index (χ0v) is 16.7. The lowest BCUT2D eigenvalue weighted by molar-refractivity contribution is -0.117. The molecule has 0 unspecified atom stereocenters. The Kier molecular flexibility index (Phi) is 4.30. The third-order valence-corrected chi connectivity index (χ3v) is 5.77. The van der Waals surface area contributed by atoms with E-state index in [0.717, 1.165) is 61.8 Å². The van der Waals surface area contributed by atoms with Crippen molar-refractivity contribution in [2.75, 3.05) is 41.3 Å². The Balaban J connectivity index is 1.28. The molecule has 0 radical (unpaired) electrons. The van der Waals surface area contributed by atoms with Crippen molar-refractivity contribution in [3.8, 4) is 0 Å². The number of hydrogen-bond donors (Lipinski definition) is 1. The van der Waals surface area contributed by atoms with Crippen molar-refractivity contribution in [2.45, 2.75) is 26.7 Å². The maximum absolute atomic E-state index is 11.9. The fourth-order valence-electron chi connectivity index (χ4n) is 3.78. The lowest BCUT2D eigenvalue weighted by atomic mass is 10.2. The molecule has 0 atom stereocenters. The number of piperazine rings is 1. The number of anilines is 3. The third kappa shape index (κ3) is 3.37. The van der Waals surface area contributed by atoms with Crippen molar-refractivity contribution >= 4 is 29.0 Å². The molecule has 5 rings (SSSR count). The molecule has 1 saturated carbocycles. The van der Waals surface area contributed by atoms with Gasteiger partial charge in [0.2, 0.25) is 5.91 Å². The number of carbonyl (C=O) groups is 1. The van der Waals surface area contributed by atoms with E-state index in [0.29, 0.717) is 11.6 Å². The summed E-state index contributed by atoms with van der Waals surface area (Å²) in [5.41, 5.74) is 3.19. The van der Waals surface area contributed by atoms with Crippen LogP contribution < -0.4 is 15.1 Å². The van der Waals surface area contributed by atoms with E-state index >= 15 is 0 Å². The minimum absolute atomic E-state index is 0.0845. The average molecular weight is 392 g/mol. The predicted molar refractivity (Wildman–Crippen MR) is 110 cm³/mol. The summed E-state index contributed by atoms with van der Waals surface area (Å²) < 4.78 is 1.83. The van der Waals surface area contributed by atoms with Crippen LogP contribution >= 0.6 is 0 Å². The molecule has 3 aromatic heterocycles. The highest BCUT2D eigenvalue weighted by Gasteiger charge is 2.30. The van der Waals surface area contributed by atoms with E-state index in [1.54, 1.807) is 6.33 Å². The summed E-state index contributed by atoms with van der Waals surface area (Å²) in [5, 5.41) is 7.26. The van der Waals surface area contributed by atoms with E-state index < -0.39 is 0 Å². The van der Waals surface area contributed by atoms with E-state index in [2.05, 4.69) is 42.1 Å². The van der Waals surface area contributed by atoms with Crippen LogP contribution in [0.3, 0.4) is 0 Å². The second kappa shape index (κ2) is 6.98. The predicted octanol–water partition coefficient (Wildman–Crippen LogP) is 1.81. The molecule has 9 nitrogen and oxygen atoms in total. The summed E-state index contributed by atoms with van der Waals surface area (Å²) in [6, 6.07) is 3.92. The number of nitrogens with one attached hydrogen (secondary N) is 1. The number of aromatic nitrogens is 5. The molecule has 1 saturated heterocycles. The quantitative estimate of drug-likeness (QED) is 0.724. The van der Waals surface area contributed by atoms with Crippen LogP contribution in [0.5, 0.6) is 0 Å². The molecule has 1 aliphatic carbocycles. The van der Waals surface area contributed by atoms with Crippen molar-refractivity contribution in [3.63, 3.8) is 0 Å². The number of rotatable bonds is 4. The van der Waals surface area contributed by atoms with Crippen LogP contribution in [0.1, 0.15) is 24.1 Å². The first-order chi connectivity index (χ1) is 14.1. The lowest BCUT2D eigenvalue weighted by Crippen LogP contribution is -2.47. The van der Waals surface area contributed by atoms with Crippen molar-refractivity contribution < 1.29 is 4.79 Å². The van der Waals surface area contributed by atoms with Crippen molar-refractivity contribution in [1.29, 1.82) is 0 Å². The van der Waals surface area contributed by atoms with Gasteiger partial charge in [-0.15, -0.1) is 0 Å². The van der Waals surface area contributed by atoms with Gasteiger partial charge in [-0.05, 0) is 38.8 Å². The van der Waals surface area contributed by atoms with E-state index in [1.165, 1.54) is 0 Å². The molecule has 29 heavy (non-hydrogen) atoms. The van der Waals surface area contributed by atoms with Crippen LogP contribution in [-0.4, -0.2) is 56.7 Å². The topological polar surface area (TPSA) is 91.5 Å². The fraction of sp³-hybridized carbons (Fsp3) is 0.450. The van der Waals surface area contributed by atoms with Gasteiger partial charge in [-0.1, -0.05) is 0 Å². The van der Waals surface area contributed by atoms with Gasteiger partial charge in [-0.2, -0.15) is 14.6 Å². The highest BCUT2D eigenvalue weighted by atomic mass is 16.2. The molecule has 0 spiro atoms. The lowest BCUT2D eigenvalue weighted by Gasteiger charge is -2.37. The SMILES string of the molecule is Cc1nc2ncnn2c(N2CCN(c3ccc(NC(=O)C4CC4)nc3)CC2)c1C. The number of aryl methyl sites for hydroxylation is 1. The van der Waals surface area contributed by atoms with Crippen molar-refractivity contribution in [3.05, 3.63) is 35.9 Å². The summed E-state index contributed by atoms with van der Waals surface area (Å²) >= 11 is 0. The highest BCUT2D eigenvalue weighted by Crippen LogP contribution is 2.30. The summed E-state index contributed by atoms with van der Waals surface area (Å²) in [6.07, 6.45) is 5.38. The molecule has 1 N–H and O–H groups in total. The van der Waals surface area contributed by atoms with Gasteiger partial charge >= 0.3 is 0 Å².